The Morgan fingerprint density at radius 1 is 1.33 bits per heavy atom. The summed E-state index contributed by atoms with van der Waals surface area (Å²) in [5.41, 5.74) is 0. The topological polar surface area (TPSA) is 26.5 Å². The number of aliphatic hydroxyl groups excluding tert-OH is 1. The van der Waals surface area contributed by atoms with Gasteiger partial charge in [-0.15, -0.1) is 0 Å². The molecule has 56 valence electrons. The average Bonchev–Trinajstić information content (AvgIpc) is 1.64. The largest absolute Gasteiger partial charge is 1.00 e. The Hall–Kier alpha value is -0.250. The molecule has 0 aromatic rings. The summed E-state index contributed by atoms with van der Waals surface area (Å²) in [6, 6.07) is 0.269. The Morgan fingerprint density at radius 2 is 1.67 bits per heavy atom. The van der Waals surface area contributed by atoms with Crippen LogP contribution in [0.1, 0.15) is 0 Å². The number of nitrogens with zero attached hydrogens (tertiary/aromatic N) is 2. The number of halogens is 1. The van der Waals surface area contributed by atoms with Crippen LogP contribution in [0.15, 0.2) is 0 Å². The lowest BCUT2D eigenvalue weighted by Gasteiger charge is -2.01. The minimum Gasteiger partial charge on any atom is -1.00 e. The third-order valence-corrected chi connectivity index (χ3v) is 0.800. The normalized spacial score (nSPS) is 7.56. The van der Waals surface area contributed by atoms with Crippen LogP contribution < -0.4 is 17.0 Å². The van der Waals surface area contributed by atoms with Crippen molar-refractivity contribution in [1.82, 2.24) is 4.90 Å². The zero-order chi connectivity index (χ0) is 6.73. The van der Waals surface area contributed by atoms with Gasteiger partial charge >= 0.3 is 6.02 Å². The molecule has 0 bridgehead atoms. The SMILES string of the molecule is CN(C)C(O)=[N+](C)C.[Br-]. The van der Waals surface area contributed by atoms with Crippen LogP contribution in [0.3, 0.4) is 0 Å². The molecule has 0 unspecified atom stereocenters. The molecule has 0 atom stereocenters. The van der Waals surface area contributed by atoms with Crippen molar-refractivity contribution in [2.45, 2.75) is 0 Å². The molecule has 0 spiro atoms. The van der Waals surface area contributed by atoms with Crippen molar-refractivity contribution in [3.05, 3.63) is 0 Å². The molecule has 0 fully saturated rings. The van der Waals surface area contributed by atoms with E-state index in [0.29, 0.717) is 0 Å². The summed E-state index contributed by atoms with van der Waals surface area (Å²) in [5, 5.41) is 8.97. The van der Waals surface area contributed by atoms with E-state index in [2.05, 4.69) is 0 Å². The van der Waals surface area contributed by atoms with Gasteiger partial charge in [-0.05, 0) is 0 Å². The first-order chi connectivity index (χ1) is 3.55. The second-order valence-electron chi connectivity index (χ2n) is 2.09. The Kier molecular flexibility index (Phi) is 5.91. The Balaban J connectivity index is 0. The van der Waals surface area contributed by atoms with Gasteiger partial charge in [0, 0.05) is 0 Å². The smallest absolute Gasteiger partial charge is 0.442 e. The lowest BCUT2D eigenvalue weighted by atomic mass is 10.8. The molecule has 0 radical (unpaired) electrons. The Morgan fingerprint density at radius 3 is 1.67 bits per heavy atom. The Bertz CT molecular complexity index is 108. The quantitative estimate of drug-likeness (QED) is 0.250. The maximum Gasteiger partial charge on any atom is 0.442 e. The van der Waals surface area contributed by atoms with Crippen molar-refractivity contribution < 1.29 is 26.7 Å². The fourth-order valence-corrected chi connectivity index (χ4v) is 0.400. The van der Waals surface area contributed by atoms with E-state index in [1.807, 2.05) is 0 Å². The van der Waals surface area contributed by atoms with Gasteiger partial charge in [-0.3, -0.25) is 0 Å². The van der Waals surface area contributed by atoms with Crippen LogP contribution in [0, 0.1) is 0 Å². The maximum absolute atomic E-state index is 8.97. The molecule has 0 aromatic carbocycles. The standard InChI is InChI=1S/C5H12N2O.BrH/c1-6(2)5(8)7(3)4;/h1-4H3;1H. The second-order valence-corrected chi connectivity index (χ2v) is 2.09. The first-order valence-electron chi connectivity index (χ1n) is 2.46. The van der Waals surface area contributed by atoms with E-state index in [1.54, 1.807) is 37.7 Å². The fraction of sp³-hybridized carbons (Fsp3) is 0.800. The summed E-state index contributed by atoms with van der Waals surface area (Å²) in [4.78, 5) is 1.64. The van der Waals surface area contributed by atoms with Crippen molar-refractivity contribution in [1.29, 1.82) is 0 Å². The van der Waals surface area contributed by atoms with E-state index in [1.165, 1.54) is 0 Å². The van der Waals surface area contributed by atoms with Crippen molar-refractivity contribution in [2.75, 3.05) is 28.2 Å². The zero-order valence-corrected chi connectivity index (χ0v) is 7.81. The molecule has 0 heterocycles. The van der Waals surface area contributed by atoms with E-state index in [0.717, 1.165) is 0 Å². The van der Waals surface area contributed by atoms with Gasteiger partial charge in [0.25, 0.3) is 0 Å². The number of rotatable bonds is 0. The fourth-order valence-electron chi connectivity index (χ4n) is 0.400. The van der Waals surface area contributed by atoms with Crippen LogP contribution in [-0.2, 0) is 0 Å². The summed E-state index contributed by atoms with van der Waals surface area (Å²) in [5.74, 6) is 0. The summed E-state index contributed by atoms with van der Waals surface area (Å²) in [6.45, 7) is 0. The van der Waals surface area contributed by atoms with E-state index in [9.17, 15) is 0 Å². The molecule has 0 rings (SSSR count). The highest BCUT2D eigenvalue weighted by molar-refractivity contribution is 5.64. The summed E-state index contributed by atoms with van der Waals surface area (Å²) in [7, 11) is 7.15. The lowest BCUT2D eigenvalue weighted by molar-refractivity contribution is -0.479. The molecular weight excluding hydrogens is 184 g/mol. The van der Waals surface area contributed by atoms with Gasteiger partial charge in [0.15, 0.2) is 0 Å². The molecule has 0 aromatic heterocycles. The minimum atomic E-state index is 0. The number of hydrogen-bond acceptors (Lipinski definition) is 0. The third-order valence-electron chi connectivity index (χ3n) is 0.800. The number of hydrogen-bond donors (Lipinski definition) is 1. The van der Waals surface area contributed by atoms with E-state index in [-0.39, 0.29) is 23.0 Å². The van der Waals surface area contributed by atoms with Crippen molar-refractivity contribution in [2.24, 2.45) is 0 Å². The van der Waals surface area contributed by atoms with Gasteiger partial charge in [-0.2, -0.15) is 0 Å². The van der Waals surface area contributed by atoms with Gasteiger partial charge in [-0.1, -0.05) is 0 Å². The minimum absolute atomic E-state index is 0. The van der Waals surface area contributed by atoms with E-state index >= 15 is 0 Å². The van der Waals surface area contributed by atoms with Gasteiger partial charge in [0.05, 0.1) is 28.2 Å². The molecule has 4 heteroatoms. The number of amidine groups is 1. The van der Waals surface area contributed by atoms with Crippen molar-refractivity contribution in [3.63, 3.8) is 0 Å². The molecule has 0 amide bonds. The van der Waals surface area contributed by atoms with E-state index in [4.69, 9.17) is 5.11 Å². The first kappa shape index (κ1) is 11.5. The molecule has 0 saturated carbocycles. The van der Waals surface area contributed by atoms with Gasteiger partial charge < -0.3 is 22.1 Å². The predicted octanol–water partition coefficient (Wildman–Crippen LogP) is -3.26. The molecule has 1 N–H and O–H groups in total. The molecule has 0 aliphatic rings. The van der Waals surface area contributed by atoms with Crippen LogP contribution in [0.5, 0.6) is 0 Å². The molecule has 9 heavy (non-hydrogen) atoms. The molecule has 0 aliphatic heterocycles. The molecule has 0 aliphatic carbocycles. The summed E-state index contributed by atoms with van der Waals surface area (Å²) in [6.07, 6.45) is 0. The molecule has 3 nitrogen and oxygen atoms in total. The van der Waals surface area contributed by atoms with Crippen molar-refractivity contribution >= 4 is 6.02 Å². The van der Waals surface area contributed by atoms with Crippen LogP contribution in [-0.4, -0.2) is 48.8 Å². The van der Waals surface area contributed by atoms with Crippen LogP contribution in [0.2, 0.25) is 0 Å². The lowest BCUT2D eigenvalue weighted by Crippen LogP contribution is -3.00. The molecule has 0 saturated heterocycles. The van der Waals surface area contributed by atoms with Crippen LogP contribution in [0.4, 0.5) is 0 Å². The van der Waals surface area contributed by atoms with Gasteiger partial charge in [-0.25, -0.2) is 9.48 Å². The van der Waals surface area contributed by atoms with Gasteiger partial charge in [0.1, 0.15) is 0 Å². The third kappa shape index (κ3) is 4.27. The van der Waals surface area contributed by atoms with Gasteiger partial charge in [0.2, 0.25) is 0 Å². The summed E-state index contributed by atoms with van der Waals surface area (Å²) >= 11 is 0. The molecular formula is C5H13BrN2O. The maximum atomic E-state index is 8.97. The van der Waals surface area contributed by atoms with Crippen LogP contribution >= 0.6 is 0 Å². The Labute approximate surface area is 66.4 Å². The highest BCUT2D eigenvalue weighted by Gasteiger charge is 2.04. The highest BCUT2D eigenvalue weighted by atomic mass is 79.9. The monoisotopic (exact) mass is 196 g/mol. The highest BCUT2D eigenvalue weighted by Crippen LogP contribution is 1.72. The number of aliphatic hydroxyl groups is 1. The summed E-state index contributed by atoms with van der Waals surface area (Å²) < 4.78 is 1.64. The zero-order valence-electron chi connectivity index (χ0n) is 6.22. The predicted molar refractivity (Wildman–Crippen MR) is 33.4 cm³/mol. The van der Waals surface area contributed by atoms with Crippen LogP contribution in [0.25, 0.3) is 0 Å². The van der Waals surface area contributed by atoms with E-state index < -0.39 is 0 Å². The average molecular weight is 197 g/mol. The second kappa shape index (κ2) is 4.61. The first-order valence-corrected chi connectivity index (χ1v) is 2.46. The van der Waals surface area contributed by atoms with Crippen molar-refractivity contribution in [3.8, 4) is 0 Å².